The number of imidazole rings is 1. The third-order valence-corrected chi connectivity index (χ3v) is 3.02. The van der Waals surface area contributed by atoms with Crippen molar-refractivity contribution in [2.45, 2.75) is 0 Å². The molecule has 1 aromatic carbocycles. The molecule has 0 aliphatic heterocycles. The molecule has 0 radical (unpaired) electrons. The molecule has 6 heteroatoms. The topological polar surface area (TPSA) is 75.9 Å². The number of rotatable bonds is 5. The van der Waals surface area contributed by atoms with Crippen LogP contribution in [0.15, 0.2) is 55.2 Å². The fourth-order valence-corrected chi connectivity index (χ4v) is 1.99. The Morgan fingerprint density at radius 2 is 1.95 bits per heavy atom. The van der Waals surface area contributed by atoms with Crippen LogP contribution in [0.5, 0.6) is 0 Å². The normalized spacial score (nSPS) is 10.5. The largest absolute Gasteiger partial charge is 0.395 e. The molecule has 0 amide bonds. The van der Waals surface area contributed by atoms with E-state index in [4.69, 9.17) is 5.11 Å². The van der Waals surface area contributed by atoms with E-state index < -0.39 is 0 Å². The molecule has 0 atom stereocenters. The van der Waals surface area contributed by atoms with Crippen molar-refractivity contribution in [3.63, 3.8) is 0 Å². The number of hydrogen-bond donors (Lipinski definition) is 2. The predicted octanol–water partition coefficient (Wildman–Crippen LogP) is 1.73. The number of aromatic nitrogens is 4. The lowest BCUT2D eigenvalue weighted by Crippen LogP contribution is -2.08. The van der Waals surface area contributed by atoms with Crippen LogP contribution >= 0.6 is 0 Å². The first-order valence-electron chi connectivity index (χ1n) is 6.63. The van der Waals surface area contributed by atoms with Crippen LogP contribution in [0.4, 0.5) is 5.95 Å². The summed E-state index contributed by atoms with van der Waals surface area (Å²) in [6.45, 7) is 0.482. The highest BCUT2D eigenvalue weighted by Crippen LogP contribution is 2.19. The second-order valence-electron chi connectivity index (χ2n) is 4.43. The van der Waals surface area contributed by atoms with Crippen molar-refractivity contribution in [1.82, 2.24) is 19.5 Å². The van der Waals surface area contributed by atoms with Gasteiger partial charge in [-0.3, -0.25) is 0 Å². The van der Waals surface area contributed by atoms with E-state index in [1.54, 1.807) is 18.7 Å². The SMILES string of the molecule is OCCNc1nccc(-c2ccc(-n3ccnc3)cc2)n1. The molecule has 0 saturated carbocycles. The Morgan fingerprint density at radius 3 is 2.67 bits per heavy atom. The van der Waals surface area contributed by atoms with Crippen LogP contribution in [-0.2, 0) is 0 Å². The monoisotopic (exact) mass is 281 g/mol. The number of aliphatic hydroxyl groups excluding tert-OH is 1. The molecule has 0 aliphatic rings. The maximum Gasteiger partial charge on any atom is 0.223 e. The predicted molar refractivity (Wildman–Crippen MR) is 80.2 cm³/mol. The minimum atomic E-state index is 0.0488. The summed E-state index contributed by atoms with van der Waals surface area (Å²) in [6, 6.07) is 9.90. The van der Waals surface area contributed by atoms with Gasteiger partial charge in [0.25, 0.3) is 0 Å². The number of aliphatic hydroxyl groups is 1. The second-order valence-corrected chi connectivity index (χ2v) is 4.43. The summed E-state index contributed by atoms with van der Waals surface area (Å²) in [5.74, 6) is 0.514. The molecule has 0 fully saturated rings. The maximum absolute atomic E-state index is 8.81. The third kappa shape index (κ3) is 3.06. The highest BCUT2D eigenvalue weighted by atomic mass is 16.3. The summed E-state index contributed by atoms with van der Waals surface area (Å²) < 4.78 is 1.94. The van der Waals surface area contributed by atoms with Gasteiger partial charge in [-0.25, -0.2) is 15.0 Å². The Hall–Kier alpha value is -2.73. The van der Waals surface area contributed by atoms with Crippen LogP contribution < -0.4 is 5.32 Å². The molecule has 0 bridgehead atoms. The van der Waals surface area contributed by atoms with Crippen LogP contribution in [0, 0.1) is 0 Å². The lowest BCUT2D eigenvalue weighted by molar-refractivity contribution is 0.311. The van der Waals surface area contributed by atoms with Gasteiger partial charge in [0.15, 0.2) is 0 Å². The molecule has 2 aromatic heterocycles. The smallest absolute Gasteiger partial charge is 0.223 e. The van der Waals surface area contributed by atoms with E-state index in [1.165, 1.54) is 0 Å². The van der Waals surface area contributed by atoms with Gasteiger partial charge < -0.3 is 15.0 Å². The highest BCUT2D eigenvalue weighted by molar-refractivity contribution is 5.61. The standard InChI is InChI=1S/C15H15N5O/c21-10-8-18-15-17-6-5-14(19-15)12-1-3-13(4-2-12)20-9-7-16-11-20/h1-7,9,11,21H,8,10H2,(H,17,18,19). The average molecular weight is 281 g/mol. The molecule has 106 valence electrons. The molecule has 2 N–H and O–H groups in total. The Bertz CT molecular complexity index is 694. The van der Waals surface area contributed by atoms with Crippen molar-refractivity contribution in [2.24, 2.45) is 0 Å². The van der Waals surface area contributed by atoms with Crippen LogP contribution in [0.3, 0.4) is 0 Å². The number of benzene rings is 1. The fourth-order valence-electron chi connectivity index (χ4n) is 1.99. The van der Waals surface area contributed by atoms with Gasteiger partial charge in [0.05, 0.1) is 18.6 Å². The molecule has 2 heterocycles. The summed E-state index contributed by atoms with van der Waals surface area (Å²) >= 11 is 0. The van der Waals surface area contributed by atoms with E-state index in [-0.39, 0.29) is 6.61 Å². The van der Waals surface area contributed by atoms with Crippen LogP contribution in [-0.4, -0.2) is 37.8 Å². The molecule has 0 saturated heterocycles. The average Bonchev–Trinajstić information content (AvgIpc) is 3.08. The molecule has 0 spiro atoms. The van der Waals surface area contributed by atoms with Crippen LogP contribution in [0.2, 0.25) is 0 Å². The van der Waals surface area contributed by atoms with E-state index in [0.717, 1.165) is 16.9 Å². The van der Waals surface area contributed by atoms with Crippen molar-refractivity contribution in [2.75, 3.05) is 18.5 Å². The van der Waals surface area contributed by atoms with Crippen molar-refractivity contribution < 1.29 is 5.11 Å². The quantitative estimate of drug-likeness (QED) is 0.745. The molecule has 21 heavy (non-hydrogen) atoms. The van der Waals surface area contributed by atoms with Gasteiger partial charge in [-0.1, -0.05) is 12.1 Å². The molecular formula is C15H15N5O. The Morgan fingerprint density at radius 1 is 1.10 bits per heavy atom. The summed E-state index contributed by atoms with van der Waals surface area (Å²) in [7, 11) is 0. The van der Waals surface area contributed by atoms with E-state index in [9.17, 15) is 0 Å². The van der Waals surface area contributed by atoms with E-state index in [0.29, 0.717) is 12.5 Å². The number of hydrogen-bond acceptors (Lipinski definition) is 5. The van der Waals surface area contributed by atoms with Gasteiger partial charge in [0.1, 0.15) is 0 Å². The first-order valence-corrected chi connectivity index (χ1v) is 6.63. The highest BCUT2D eigenvalue weighted by Gasteiger charge is 2.03. The first-order chi connectivity index (χ1) is 10.4. The zero-order chi connectivity index (χ0) is 14.5. The van der Waals surface area contributed by atoms with Gasteiger partial charge in [0.2, 0.25) is 5.95 Å². The van der Waals surface area contributed by atoms with E-state index in [2.05, 4.69) is 20.3 Å². The molecule has 0 unspecified atom stereocenters. The summed E-state index contributed by atoms with van der Waals surface area (Å²) in [5, 5.41) is 11.8. The van der Waals surface area contributed by atoms with Gasteiger partial charge >= 0.3 is 0 Å². The summed E-state index contributed by atoms with van der Waals surface area (Å²) in [5.41, 5.74) is 2.89. The number of nitrogens with zero attached hydrogens (tertiary/aromatic N) is 4. The van der Waals surface area contributed by atoms with Crippen LogP contribution in [0.25, 0.3) is 16.9 Å². The maximum atomic E-state index is 8.81. The Kier molecular flexibility index (Phi) is 3.88. The molecular weight excluding hydrogens is 266 g/mol. The number of nitrogens with one attached hydrogen (secondary N) is 1. The van der Waals surface area contributed by atoms with E-state index >= 15 is 0 Å². The van der Waals surface area contributed by atoms with Gasteiger partial charge in [-0.2, -0.15) is 0 Å². The number of anilines is 1. The van der Waals surface area contributed by atoms with Gasteiger partial charge in [-0.15, -0.1) is 0 Å². The lowest BCUT2D eigenvalue weighted by atomic mass is 10.1. The van der Waals surface area contributed by atoms with Crippen molar-refractivity contribution in [1.29, 1.82) is 0 Å². The Labute approximate surface area is 122 Å². The molecule has 6 nitrogen and oxygen atoms in total. The Balaban J connectivity index is 1.83. The van der Waals surface area contributed by atoms with Crippen molar-refractivity contribution in [3.05, 3.63) is 55.2 Å². The molecule has 0 aliphatic carbocycles. The van der Waals surface area contributed by atoms with Gasteiger partial charge in [-0.05, 0) is 18.2 Å². The minimum Gasteiger partial charge on any atom is -0.395 e. The zero-order valence-electron chi connectivity index (χ0n) is 11.3. The summed E-state index contributed by atoms with van der Waals surface area (Å²) in [6.07, 6.45) is 7.11. The zero-order valence-corrected chi connectivity index (χ0v) is 11.3. The molecule has 3 rings (SSSR count). The van der Waals surface area contributed by atoms with Gasteiger partial charge in [0, 0.05) is 36.4 Å². The van der Waals surface area contributed by atoms with E-state index in [1.807, 2.05) is 41.1 Å². The second kappa shape index (κ2) is 6.15. The minimum absolute atomic E-state index is 0.0488. The van der Waals surface area contributed by atoms with Crippen molar-refractivity contribution in [3.8, 4) is 16.9 Å². The lowest BCUT2D eigenvalue weighted by Gasteiger charge is -2.07. The fraction of sp³-hybridized carbons (Fsp3) is 0.133. The first kappa shape index (κ1) is 13.3. The molecule has 3 aromatic rings. The van der Waals surface area contributed by atoms with Crippen LogP contribution in [0.1, 0.15) is 0 Å². The third-order valence-electron chi connectivity index (χ3n) is 3.02. The summed E-state index contributed by atoms with van der Waals surface area (Å²) in [4.78, 5) is 12.6. The van der Waals surface area contributed by atoms with Crippen molar-refractivity contribution >= 4 is 5.95 Å².